The maximum atomic E-state index is 13.7. The van der Waals surface area contributed by atoms with Gasteiger partial charge in [-0.25, -0.2) is 19.5 Å². The zero-order chi connectivity index (χ0) is 28.4. The number of carbonyl (C=O) groups excluding carboxylic acids is 1. The van der Waals surface area contributed by atoms with E-state index < -0.39 is 46.0 Å². The zero-order valence-electron chi connectivity index (χ0n) is 20.0. The van der Waals surface area contributed by atoms with Crippen LogP contribution in [0, 0.1) is 11.7 Å². The molecule has 3 aromatic rings. The molecule has 0 amide bonds. The maximum Gasteiger partial charge on any atom is 0.573 e. The highest BCUT2D eigenvalue weighted by molar-refractivity contribution is 7.84. The lowest BCUT2D eigenvalue weighted by Gasteiger charge is -2.15. The van der Waals surface area contributed by atoms with Crippen LogP contribution in [0.2, 0.25) is 0 Å². The number of alkyl halides is 3. The molecular formula is C23H23F4N5O6S. The monoisotopic (exact) mass is 573 g/mol. The van der Waals surface area contributed by atoms with Crippen molar-refractivity contribution in [3.8, 4) is 5.75 Å². The topological polar surface area (TPSA) is 159 Å². The molecule has 3 atom stereocenters. The van der Waals surface area contributed by atoms with Gasteiger partial charge in [-0.1, -0.05) is 6.07 Å². The molecule has 16 heteroatoms. The van der Waals surface area contributed by atoms with Crippen LogP contribution in [-0.2, 0) is 21.0 Å². The summed E-state index contributed by atoms with van der Waals surface area (Å²) in [4.78, 5) is 21.3. The number of nitrogens with one attached hydrogen (secondary N) is 1. The molecule has 0 radical (unpaired) electrons. The van der Waals surface area contributed by atoms with Gasteiger partial charge in [0.2, 0.25) is 0 Å². The lowest BCUT2D eigenvalue weighted by Crippen LogP contribution is -2.24. The Hall–Kier alpha value is -3.60. The van der Waals surface area contributed by atoms with E-state index in [0.717, 1.165) is 12.1 Å². The number of benzene rings is 1. The Labute approximate surface area is 219 Å². The highest BCUT2D eigenvalue weighted by atomic mass is 32.2. The summed E-state index contributed by atoms with van der Waals surface area (Å²) in [7, 11) is -4.16. The molecule has 2 heterocycles. The van der Waals surface area contributed by atoms with Crippen LogP contribution in [0.4, 0.5) is 23.4 Å². The second kappa shape index (κ2) is 11.3. The van der Waals surface area contributed by atoms with Gasteiger partial charge in [0.25, 0.3) is 0 Å². The smallest absolute Gasteiger partial charge is 0.403 e. The first kappa shape index (κ1) is 28.4. The van der Waals surface area contributed by atoms with Gasteiger partial charge in [-0.2, -0.15) is 8.42 Å². The molecule has 1 aliphatic rings. The van der Waals surface area contributed by atoms with E-state index in [1.165, 1.54) is 41.6 Å². The van der Waals surface area contributed by atoms with E-state index in [-0.39, 0.29) is 42.6 Å². The molecule has 2 aromatic heterocycles. The third-order valence-electron chi connectivity index (χ3n) is 6.00. The fourth-order valence-electron chi connectivity index (χ4n) is 4.27. The van der Waals surface area contributed by atoms with Crippen molar-refractivity contribution in [2.24, 2.45) is 11.1 Å². The minimum absolute atomic E-state index is 0.0279. The number of hydrogen-bond donors (Lipinski definition) is 3. The van der Waals surface area contributed by atoms with E-state index >= 15 is 0 Å². The van der Waals surface area contributed by atoms with Crippen LogP contribution in [-0.4, -0.2) is 59.0 Å². The first-order valence-corrected chi connectivity index (χ1v) is 12.9. The molecule has 1 aromatic carbocycles. The summed E-state index contributed by atoms with van der Waals surface area (Å²) in [6.45, 7) is -0.265. The molecule has 3 unspecified atom stereocenters. The average Bonchev–Trinajstić information content (AvgIpc) is 3.44. The van der Waals surface area contributed by atoms with Gasteiger partial charge in [-0.05, 0) is 36.6 Å². The summed E-state index contributed by atoms with van der Waals surface area (Å²) < 4.78 is 83.2. The third-order valence-corrected chi connectivity index (χ3v) is 6.47. The molecule has 1 saturated carbocycles. The van der Waals surface area contributed by atoms with Crippen LogP contribution in [0.5, 0.6) is 5.75 Å². The van der Waals surface area contributed by atoms with Crippen molar-refractivity contribution < 1.29 is 44.8 Å². The number of halogens is 4. The minimum Gasteiger partial charge on any atom is -0.403 e. The summed E-state index contributed by atoms with van der Waals surface area (Å²) in [6, 6.07) is 4.22. The number of ether oxygens (including phenoxy) is 1. The Balaban J connectivity index is 1.44. The normalized spacial score (nSPS) is 19.7. The quantitative estimate of drug-likeness (QED) is 0.245. The van der Waals surface area contributed by atoms with Crippen LogP contribution in [0.3, 0.4) is 0 Å². The summed E-state index contributed by atoms with van der Waals surface area (Å²) >= 11 is 0. The molecule has 0 saturated heterocycles. The standard InChI is InChI=1S/C23H23F4N5O6S/c24-18-2-1-13(5-20(18)38-23(25,26)27)9-32-4-3-14(10-32)21(34)17-8-29-12-30-22(17)31-16-6-15(19(33)7-16)11-37-39(28,35)36/h1-5,8,10,12,15-16,19,33H,6-7,9,11H2,(H2,28,35,36)(H,29,30,31). The lowest BCUT2D eigenvalue weighted by molar-refractivity contribution is -0.275. The lowest BCUT2D eigenvalue weighted by atomic mass is 10.1. The number of aliphatic hydroxyl groups is 1. The van der Waals surface area contributed by atoms with Gasteiger partial charge in [0.05, 0.1) is 18.3 Å². The number of rotatable bonds is 10. The molecule has 4 N–H and O–H groups in total. The van der Waals surface area contributed by atoms with Crippen LogP contribution >= 0.6 is 0 Å². The first-order chi connectivity index (χ1) is 18.3. The number of nitrogens with two attached hydrogens (primary N) is 1. The van der Waals surface area contributed by atoms with Crippen molar-refractivity contribution in [3.63, 3.8) is 0 Å². The van der Waals surface area contributed by atoms with E-state index in [1.54, 1.807) is 0 Å². The molecule has 4 rings (SSSR count). The largest absolute Gasteiger partial charge is 0.573 e. The number of ketones is 1. The number of hydrogen-bond acceptors (Lipinski definition) is 9. The molecule has 0 aliphatic heterocycles. The minimum atomic E-state index is -5.05. The molecule has 210 valence electrons. The SMILES string of the molecule is NS(=O)(=O)OCC1CC(Nc2ncncc2C(=O)c2ccn(Cc3ccc(F)c(OC(F)(F)F)c3)c2)CC1O. The molecule has 11 nitrogen and oxygen atoms in total. The number of carbonyl (C=O) groups is 1. The van der Waals surface area contributed by atoms with E-state index in [2.05, 4.69) is 24.2 Å². The van der Waals surface area contributed by atoms with Crippen molar-refractivity contribution in [2.45, 2.75) is 37.9 Å². The fourth-order valence-corrected chi connectivity index (χ4v) is 4.64. The Bertz CT molecular complexity index is 1450. The summed E-state index contributed by atoms with van der Waals surface area (Å²) in [5, 5.41) is 18.2. The van der Waals surface area contributed by atoms with Crippen molar-refractivity contribution >= 4 is 21.9 Å². The first-order valence-electron chi connectivity index (χ1n) is 11.4. The second-order valence-electron chi connectivity index (χ2n) is 8.92. The Morgan fingerprint density at radius 2 is 2.03 bits per heavy atom. The maximum absolute atomic E-state index is 13.7. The Morgan fingerprint density at radius 1 is 1.26 bits per heavy atom. The van der Waals surface area contributed by atoms with Crippen LogP contribution in [0.15, 0.2) is 49.2 Å². The van der Waals surface area contributed by atoms with Gasteiger partial charge < -0.3 is 19.7 Å². The van der Waals surface area contributed by atoms with Crippen LogP contribution in [0.1, 0.15) is 34.3 Å². The van der Waals surface area contributed by atoms with Gasteiger partial charge in [0, 0.05) is 42.7 Å². The predicted molar refractivity (Wildman–Crippen MR) is 127 cm³/mol. The van der Waals surface area contributed by atoms with E-state index in [9.17, 15) is 35.9 Å². The predicted octanol–water partition coefficient (Wildman–Crippen LogP) is 2.37. The summed E-state index contributed by atoms with van der Waals surface area (Å²) in [5.74, 6) is -2.90. The number of anilines is 1. The molecular weight excluding hydrogens is 550 g/mol. The van der Waals surface area contributed by atoms with Gasteiger partial charge in [-0.3, -0.25) is 8.98 Å². The number of aliphatic hydroxyl groups excluding tert-OH is 1. The van der Waals surface area contributed by atoms with E-state index in [0.29, 0.717) is 12.0 Å². The van der Waals surface area contributed by atoms with Crippen molar-refractivity contribution in [3.05, 3.63) is 71.7 Å². The van der Waals surface area contributed by atoms with Crippen LogP contribution in [0.25, 0.3) is 0 Å². The van der Waals surface area contributed by atoms with Gasteiger partial charge in [0.15, 0.2) is 17.3 Å². The second-order valence-corrected chi connectivity index (χ2v) is 10.1. The van der Waals surface area contributed by atoms with E-state index in [1.807, 2.05) is 0 Å². The summed E-state index contributed by atoms with van der Waals surface area (Å²) in [5.41, 5.74) is 0.653. The molecule has 0 spiro atoms. The molecule has 0 bridgehead atoms. The van der Waals surface area contributed by atoms with Crippen molar-refractivity contribution in [1.82, 2.24) is 14.5 Å². The van der Waals surface area contributed by atoms with E-state index in [4.69, 9.17) is 5.14 Å². The van der Waals surface area contributed by atoms with Gasteiger partial charge in [0.1, 0.15) is 12.1 Å². The highest BCUT2D eigenvalue weighted by Crippen LogP contribution is 2.30. The number of aromatic nitrogens is 3. The van der Waals surface area contributed by atoms with Gasteiger partial charge in [-0.15, -0.1) is 13.2 Å². The number of nitrogens with zero attached hydrogens (tertiary/aromatic N) is 3. The molecule has 39 heavy (non-hydrogen) atoms. The fraction of sp³-hybridized carbons (Fsp3) is 0.348. The van der Waals surface area contributed by atoms with Crippen molar-refractivity contribution in [1.29, 1.82) is 0 Å². The molecule has 1 fully saturated rings. The molecule has 1 aliphatic carbocycles. The Kier molecular flexibility index (Phi) is 8.20. The summed E-state index contributed by atoms with van der Waals surface area (Å²) in [6.07, 6.45) is 0.176. The van der Waals surface area contributed by atoms with Gasteiger partial charge >= 0.3 is 16.7 Å². The Morgan fingerprint density at radius 3 is 2.74 bits per heavy atom. The zero-order valence-corrected chi connectivity index (χ0v) is 20.8. The highest BCUT2D eigenvalue weighted by Gasteiger charge is 2.35. The van der Waals surface area contributed by atoms with Crippen molar-refractivity contribution in [2.75, 3.05) is 11.9 Å². The third kappa shape index (κ3) is 7.72. The van der Waals surface area contributed by atoms with Crippen LogP contribution < -0.4 is 15.2 Å². The average molecular weight is 574 g/mol.